The van der Waals surface area contributed by atoms with E-state index in [4.69, 9.17) is 22.1 Å². The number of rotatable bonds is 3. The molecule has 0 unspecified atom stereocenters. The number of ether oxygens (including phenoxy) is 1. The fraction of sp³-hybridized carbons (Fsp3) is 0.588. The van der Waals surface area contributed by atoms with E-state index in [1.165, 1.54) is 0 Å². The standard InChI is InChI=1S/C17H24ClN3O2.2ClH/c18-16-11-14(19)1-2-15(16)17(22)21-5-3-13(4-6-21)12-20-7-9-23-10-8-20;;/h1-2,11,13H,3-10,12,19H2;2*1H. The first-order chi connectivity index (χ1) is 11.1. The van der Waals surface area contributed by atoms with Gasteiger partial charge < -0.3 is 15.4 Å². The lowest BCUT2D eigenvalue weighted by molar-refractivity contribution is 0.0243. The fourth-order valence-corrected chi connectivity index (χ4v) is 3.61. The van der Waals surface area contributed by atoms with E-state index in [9.17, 15) is 4.79 Å². The molecule has 1 aromatic rings. The van der Waals surface area contributed by atoms with Crippen molar-refractivity contribution in [3.8, 4) is 0 Å². The molecule has 2 aliphatic rings. The Hall–Kier alpha value is -0.720. The van der Waals surface area contributed by atoms with Gasteiger partial charge in [-0.15, -0.1) is 24.8 Å². The zero-order chi connectivity index (χ0) is 16.2. The number of hydrogen-bond donors (Lipinski definition) is 1. The SMILES string of the molecule is Cl.Cl.Nc1ccc(C(=O)N2CCC(CN3CCOCC3)CC2)c(Cl)c1. The maximum atomic E-state index is 12.6. The Kier molecular flexibility index (Phi) is 9.32. The summed E-state index contributed by atoms with van der Waals surface area (Å²) in [6.07, 6.45) is 2.10. The zero-order valence-corrected chi connectivity index (χ0v) is 16.5. The van der Waals surface area contributed by atoms with Crippen LogP contribution in [-0.4, -0.2) is 61.6 Å². The Labute approximate surface area is 166 Å². The molecule has 2 aliphatic heterocycles. The predicted molar refractivity (Wildman–Crippen MR) is 106 cm³/mol. The lowest BCUT2D eigenvalue weighted by Gasteiger charge is -2.36. The van der Waals surface area contributed by atoms with Gasteiger partial charge in [-0.25, -0.2) is 0 Å². The van der Waals surface area contributed by atoms with Crippen molar-refractivity contribution in [2.24, 2.45) is 5.92 Å². The Bertz CT molecular complexity index is 560. The van der Waals surface area contributed by atoms with E-state index >= 15 is 0 Å². The molecule has 0 radical (unpaired) electrons. The molecule has 0 aromatic heterocycles. The second kappa shape index (κ2) is 10.4. The average Bonchev–Trinajstić information content (AvgIpc) is 2.56. The summed E-state index contributed by atoms with van der Waals surface area (Å²) in [6.45, 7) is 6.46. The molecule has 0 aliphatic carbocycles. The van der Waals surface area contributed by atoms with Crippen molar-refractivity contribution in [1.82, 2.24) is 9.80 Å². The number of nitrogen functional groups attached to an aromatic ring is 1. The van der Waals surface area contributed by atoms with Gasteiger partial charge in [0.1, 0.15) is 0 Å². The van der Waals surface area contributed by atoms with Crippen molar-refractivity contribution in [3.63, 3.8) is 0 Å². The largest absolute Gasteiger partial charge is 0.399 e. The van der Waals surface area contributed by atoms with Crippen molar-refractivity contribution < 1.29 is 9.53 Å². The number of piperidine rings is 1. The quantitative estimate of drug-likeness (QED) is 0.778. The van der Waals surface area contributed by atoms with Gasteiger partial charge in [0.25, 0.3) is 5.91 Å². The van der Waals surface area contributed by atoms with Crippen LogP contribution < -0.4 is 5.73 Å². The summed E-state index contributed by atoms with van der Waals surface area (Å²) in [5.74, 6) is 0.680. The number of carbonyl (C=O) groups is 1. The van der Waals surface area contributed by atoms with Crippen LogP contribution in [0, 0.1) is 5.92 Å². The van der Waals surface area contributed by atoms with E-state index in [0.717, 1.165) is 58.8 Å². The van der Waals surface area contributed by atoms with Crippen molar-refractivity contribution in [2.75, 3.05) is 51.7 Å². The molecule has 0 saturated carbocycles. The molecule has 2 N–H and O–H groups in total. The third-order valence-corrected chi connectivity index (χ3v) is 5.06. The summed E-state index contributed by atoms with van der Waals surface area (Å²) in [7, 11) is 0. The summed E-state index contributed by atoms with van der Waals surface area (Å²) in [4.78, 5) is 17.0. The Morgan fingerprint density at radius 3 is 2.40 bits per heavy atom. The summed E-state index contributed by atoms with van der Waals surface area (Å²) < 4.78 is 5.39. The Balaban J connectivity index is 0.00000156. The minimum Gasteiger partial charge on any atom is -0.399 e. The molecule has 0 bridgehead atoms. The molecule has 0 atom stereocenters. The number of benzene rings is 1. The van der Waals surface area contributed by atoms with Crippen LogP contribution >= 0.6 is 36.4 Å². The molecule has 5 nitrogen and oxygen atoms in total. The molecule has 8 heteroatoms. The molecular weight excluding hydrogens is 385 g/mol. The number of amides is 1. The molecular formula is C17H26Cl3N3O2. The van der Waals surface area contributed by atoms with E-state index in [0.29, 0.717) is 22.2 Å². The molecule has 0 spiro atoms. The number of hydrogen-bond acceptors (Lipinski definition) is 4. The van der Waals surface area contributed by atoms with Gasteiger partial charge in [-0.3, -0.25) is 9.69 Å². The van der Waals surface area contributed by atoms with Crippen molar-refractivity contribution >= 4 is 48.0 Å². The third-order valence-electron chi connectivity index (χ3n) is 4.75. The van der Waals surface area contributed by atoms with Gasteiger partial charge in [-0.05, 0) is 37.0 Å². The highest BCUT2D eigenvalue weighted by molar-refractivity contribution is 6.34. The van der Waals surface area contributed by atoms with Crippen LogP contribution in [-0.2, 0) is 4.74 Å². The minimum absolute atomic E-state index is 0. The number of nitrogens with two attached hydrogens (primary N) is 1. The molecule has 2 saturated heterocycles. The topological polar surface area (TPSA) is 58.8 Å². The number of carbonyl (C=O) groups excluding carboxylic acids is 1. The van der Waals surface area contributed by atoms with E-state index < -0.39 is 0 Å². The first-order valence-electron chi connectivity index (χ1n) is 8.28. The second-order valence-corrected chi connectivity index (χ2v) is 6.80. The van der Waals surface area contributed by atoms with E-state index in [2.05, 4.69) is 4.90 Å². The molecule has 25 heavy (non-hydrogen) atoms. The van der Waals surface area contributed by atoms with Gasteiger partial charge in [0.05, 0.1) is 23.8 Å². The van der Waals surface area contributed by atoms with E-state index in [1.54, 1.807) is 18.2 Å². The number of morpholine rings is 1. The molecule has 3 rings (SSSR count). The third kappa shape index (κ3) is 5.90. The molecule has 1 aromatic carbocycles. The molecule has 1 amide bonds. The number of halogens is 3. The minimum atomic E-state index is 0. The normalized spacial score (nSPS) is 19.0. The molecule has 2 heterocycles. The molecule has 142 valence electrons. The smallest absolute Gasteiger partial charge is 0.255 e. The average molecular weight is 411 g/mol. The highest BCUT2D eigenvalue weighted by Gasteiger charge is 2.26. The second-order valence-electron chi connectivity index (χ2n) is 6.39. The van der Waals surface area contributed by atoms with Gasteiger partial charge in [0.2, 0.25) is 0 Å². The van der Waals surface area contributed by atoms with Crippen molar-refractivity contribution in [1.29, 1.82) is 0 Å². The van der Waals surface area contributed by atoms with Crippen LogP contribution in [0.5, 0.6) is 0 Å². The number of likely N-dealkylation sites (tertiary alicyclic amines) is 1. The maximum Gasteiger partial charge on any atom is 0.255 e. The predicted octanol–water partition coefficient (Wildman–Crippen LogP) is 2.95. The van der Waals surface area contributed by atoms with E-state index in [-0.39, 0.29) is 30.7 Å². The van der Waals surface area contributed by atoms with Gasteiger partial charge in [0, 0.05) is 38.4 Å². The fourth-order valence-electron chi connectivity index (χ4n) is 3.34. The van der Waals surface area contributed by atoms with Crippen LogP contribution in [0.25, 0.3) is 0 Å². The van der Waals surface area contributed by atoms with Crippen LogP contribution in [0.1, 0.15) is 23.2 Å². The summed E-state index contributed by atoms with van der Waals surface area (Å²) in [6, 6.07) is 5.09. The van der Waals surface area contributed by atoms with E-state index in [1.807, 2.05) is 4.90 Å². The molecule has 2 fully saturated rings. The van der Waals surface area contributed by atoms with Crippen molar-refractivity contribution in [2.45, 2.75) is 12.8 Å². The van der Waals surface area contributed by atoms with Gasteiger partial charge in [0.15, 0.2) is 0 Å². The Morgan fingerprint density at radius 1 is 1.16 bits per heavy atom. The number of nitrogens with zero attached hydrogens (tertiary/aromatic N) is 2. The van der Waals surface area contributed by atoms with Crippen LogP contribution in [0.4, 0.5) is 5.69 Å². The summed E-state index contributed by atoms with van der Waals surface area (Å²) in [5, 5.41) is 0.436. The monoisotopic (exact) mass is 409 g/mol. The zero-order valence-electron chi connectivity index (χ0n) is 14.2. The highest BCUT2D eigenvalue weighted by atomic mass is 35.5. The van der Waals surface area contributed by atoms with Crippen LogP contribution in [0.15, 0.2) is 18.2 Å². The number of anilines is 1. The van der Waals surface area contributed by atoms with Crippen LogP contribution in [0.2, 0.25) is 5.02 Å². The van der Waals surface area contributed by atoms with Gasteiger partial charge in [-0.2, -0.15) is 0 Å². The summed E-state index contributed by atoms with van der Waals surface area (Å²) in [5.41, 5.74) is 6.82. The van der Waals surface area contributed by atoms with Gasteiger partial charge >= 0.3 is 0 Å². The lowest BCUT2D eigenvalue weighted by Crippen LogP contribution is -2.44. The summed E-state index contributed by atoms with van der Waals surface area (Å²) >= 11 is 6.16. The maximum absolute atomic E-state index is 12.6. The first-order valence-corrected chi connectivity index (χ1v) is 8.65. The van der Waals surface area contributed by atoms with Crippen LogP contribution in [0.3, 0.4) is 0 Å². The van der Waals surface area contributed by atoms with Crippen molar-refractivity contribution in [3.05, 3.63) is 28.8 Å². The van der Waals surface area contributed by atoms with Gasteiger partial charge in [-0.1, -0.05) is 11.6 Å². The first kappa shape index (κ1) is 22.3. The lowest BCUT2D eigenvalue weighted by atomic mass is 9.95. The highest BCUT2D eigenvalue weighted by Crippen LogP contribution is 2.24. The Morgan fingerprint density at radius 2 is 1.80 bits per heavy atom.